The highest BCUT2D eigenvalue weighted by molar-refractivity contribution is 9.10. The number of urea groups is 1. The van der Waals surface area contributed by atoms with Gasteiger partial charge in [-0.1, -0.05) is 27.5 Å². The van der Waals surface area contributed by atoms with Crippen LogP contribution in [0.25, 0.3) is 0 Å². The van der Waals surface area contributed by atoms with Crippen LogP contribution in [0.5, 0.6) is 0 Å². The summed E-state index contributed by atoms with van der Waals surface area (Å²) >= 11 is 9.21. The van der Waals surface area contributed by atoms with Crippen molar-refractivity contribution in [3.8, 4) is 0 Å². The number of hydrogen-bond donors (Lipinski definition) is 2. The van der Waals surface area contributed by atoms with Crippen LogP contribution in [-0.4, -0.2) is 47.4 Å². The normalized spacial score (nSPS) is 15.8. The number of imide groups is 1. The van der Waals surface area contributed by atoms with Gasteiger partial charge in [0, 0.05) is 4.47 Å². The summed E-state index contributed by atoms with van der Waals surface area (Å²) in [6, 6.07) is 4.19. The molecule has 0 aromatic heterocycles. The highest BCUT2D eigenvalue weighted by Crippen LogP contribution is 2.25. The van der Waals surface area contributed by atoms with Gasteiger partial charge in [0.2, 0.25) is 0 Å². The minimum atomic E-state index is -1.08. The van der Waals surface area contributed by atoms with Crippen molar-refractivity contribution in [3.05, 3.63) is 27.7 Å². The van der Waals surface area contributed by atoms with Crippen molar-refractivity contribution in [3.63, 3.8) is 0 Å². The van der Waals surface area contributed by atoms with Gasteiger partial charge in [0.1, 0.15) is 12.1 Å². The summed E-state index contributed by atoms with van der Waals surface area (Å²) in [5.41, 5.74) is -0.714. The van der Waals surface area contributed by atoms with Gasteiger partial charge >= 0.3 is 12.0 Å². The van der Waals surface area contributed by atoms with Crippen LogP contribution in [0.4, 0.5) is 10.5 Å². The molecule has 0 aliphatic carbocycles. The van der Waals surface area contributed by atoms with Crippen LogP contribution in [0, 0.1) is 0 Å². The van der Waals surface area contributed by atoms with Gasteiger partial charge in [-0.05, 0) is 32.0 Å². The van der Waals surface area contributed by atoms with Crippen molar-refractivity contribution in [1.29, 1.82) is 0 Å². The van der Waals surface area contributed by atoms with Crippen LogP contribution in [0.15, 0.2) is 22.7 Å². The molecule has 1 fully saturated rings. The molecule has 134 valence electrons. The van der Waals surface area contributed by atoms with Crippen LogP contribution < -0.4 is 10.6 Å². The van der Waals surface area contributed by atoms with E-state index in [9.17, 15) is 19.2 Å². The molecule has 0 spiro atoms. The zero-order valence-corrected chi connectivity index (χ0v) is 15.7. The van der Waals surface area contributed by atoms with Gasteiger partial charge in [-0.3, -0.25) is 19.3 Å². The standard InChI is InChI=1S/C15H15BrClN3O5/c1-15(2)13(23)20(14(24)19-15)6-12(22)25-7-11(21)18-10-4-3-8(16)5-9(10)17/h3-5H,6-7H2,1-2H3,(H,18,21)(H,19,24). The first-order valence-corrected chi connectivity index (χ1v) is 8.32. The molecule has 1 heterocycles. The van der Waals surface area contributed by atoms with Crippen LogP contribution in [-0.2, 0) is 19.1 Å². The lowest BCUT2D eigenvalue weighted by Crippen LogP contribution is -2.41. The number of esters is 1. The van der Waals surface area contributed by atoms with E-state index in [1.165, 1.54) is 13.8 Å². The second-order valence-corrected chi connectivity index (χ2v) is 7.10. The van der Waals surface area contributed by atoms with E-state index >= 15 is 0 Å². The maximum Gasteiger partial charge on any atom is 0.326 e. The maximum atomic E-state index is 12.0. The molecule has 1 aliphatic heterocycles. The molecular formula is C15H15BrClN3O5. The van der Waals surface area contributed by atoms with E-state index < -0.39 is 42.5 Å². The fraction of sp³-hybridized carbons (Fsp3) is 0.333. The average molecular weight is 433 g/mol. The third-order valence-electron chi connectivity index (χ3n) is 3.30. The largest absolute Gasteiger partial charge is 0.454 e. The van der Waals surface area contributed by atoms with E-state index in [0.717, 1.165) is 9.37 Å². The number of ether oxygens (including phenoxy) is 1. The van der Waals surface area contributed by atoms with Crippen molar-refractivity contribution < 1.29 is 23.9 Å². The van der Waals surface area contributed by atoms with Crippen LogP contribution in [0.2, 0.25) is 5.02 Å². The Morgan fingerprint density at radius 2 is 2.04 bits per heavy atom. The number of hydrogen-bond acceptors (Lipinski definition) is 5. The molecule has 0 bridgehead atoms. The number of anilines is 1. The summed E-state index contributed by atoms with van der Waals surface area (Å²) in [7, 11) is 0. The van der Waals surface area contributed by atoms with Gasteiger partial charge in [-0.15, -0.1) is 0 Å². The molecule has 2 rings (SSSR count). The molecule has 0 saturated carbocycles. The Hall–Kier alpha value is -2.13. The van der Waals surface area contributed by atoms with Gasteiger partial charge in [-0.2, -0.15) is 0 Å². The van der Waals surface area contributed by atoms with E-state index in [2.05, 4.69) is 26.6 Å². The van der Waals surface area contributed by atoms with Crippen molar-refractivity contribution in [2.45, 2.75) is 19.4 Å². The highest BCUT2D eigenvalue weighted by Gasteiger charge is 2.45. The predicted molar refractivity (Wildman–Crippen MR) is 93.1 cm³/mol. The lowest BCUT2D eigenvalue weighted by molar-refractivity contribution is -0.150. The molecule has 0 unspecified atom stereocenters. The Morgan fingerprint density at radius 1 is 1.36 bits per heavy atom. The molecule has 10 heteroatoms. The number of carbonyl (C=O) groups excluding carboxylic acids is 4. The van der Waals surface area contributed by atoms with Gasteiger partial charge in [0.15, 0.2) is 6.61 Å². The average Bonchev–Trinajstić information content (AvgIpc) is 2.70. The Kier molecular flexibility index (Phi) is 5.69. The quantitative estimate of drug-likeness (QED) is 0.546. The van der Waals surface area contributed by atoms with Crippen LogP contribution in [0.1, 0.15) is 13.8 Å². The first kappa shape index (κ1) is 19.2. The Morgan fingerprint density at radius 3 is 2.60 bits per heavy atom. The lowest BCUT2D eigenvalue weighted by Gasteiger charge is -2.15. The van der Waals surface area contributed by atoms with Crippen LogP contribution in [0.3, 0.4) is 0 Å². The second kappa shape index (κ2) is 7.40. The lowest BCUT2D eigenvalue weighted by atomic mass is 10.1. The Balaban J connectivity index is 1.85. The molecule has 1 aromatic rings. The number of nitrogens with zero attached hydrogens (tertiary/aromatic N) is 1. The van der Waals surface area contributed by atoms with E-state index in [4.69, 9.17) is 16.3 Å². The molecule has 1 aromatic carbocycles. The molecule has 0 atom stereocenters. The van der Waals surface area contributed by atoms with Gasteiger partial charge in [-0.25, -0.2) is 4.79 Å². The van der Waals surface area contributed by atoms with E-state index in [1.54, 1.807) is 18.2 Å². The van der Waals surface area contributed by atoms with Crippen LogP contribution >= 0.6 is 27.5 Å². The summed E-state index contributed by atoms with van der Waals surface area (Å²) in [6.07, 6.45) is 0. The van der Waals surface area contributed by atoms with Gasteiger partial charge in [0.25, 0.3) is 11.8 Å². The number of amides is 4. The minimum Gasteiger partial charge on any atom is -0.454 e. The topological polar surface area (TPSA) is 105 Å². The predicted octanol–water partition coefficient (Wildman–Crippen LogP) is 1.91. The van der Waals surface area contributed by atoms with Crippen molar-refractivity contribution in [1.82, 2.24) is 10.2 Å². The van der Waals surface area contributed by atoms with Crippen molar-refractivity contribution in [2.75, 3.05) is 18.5 Å². The van der Waals surface area contributed by atoms with E-state index in [1.807, 2.05) is 0 Å². The summed E-state index contributed by atoms with van der Waals surface area (Å²) in [5, 5.41) is 5.24. The molecule has 1 saturated heterocycles. The zero-order chi connectivity index (χ0) is 18.8. The number of nitrogens with one attached hydrogen (secondary N) is 2. The molecule has 1 aliphatic rings. The third kappa shape index (κ3) is 4.70. The number of rotatable bonds is 5. The molecule has 8 nitrogen and oxygen atoms in total. The first-order chi connectivity index (χ1) is 11.6. The SMILES string of the molecule is CC1(C)NC(=O)N(CC(=O)OCC(=O)Nc2ccc(Br)cc2Cl)C1=O. The maximum absolute atomic E-state index is 12.0. The van der Waals surface area contributed by atoms with E-state index in [-0.39, 0.29) is 0 Å². The fourth-order valence-electron chi connectivity index (χ4n) is 2.06. The zero-order valence-electron chi connectivity index (χ0n) is 13.4. The Bertz CT molecular complexity index is 753. The first-order valence-electron chi connectivity index (χ1n) is 7.15. The summed E-state index contributed by atoms with van der Waals surface area (Å²) in [5.74, 6) is -2.02. The summed E-state index contributed by atoms with van der Waals surface area (Å²) in [6.45, 7) is 1.90. The van der Waals surface area contributed by atoms with Crippen molar-refractivity contribution >= 4 is 57.0 Å². The van der Waals surface area contributed by atoms with E-state index in [0.29, 0.717) is 10.7 Å². The van der Waals surface area contributed by atoms with Gasteiger partial charge in [0.05, 0.1) is 10.7 Å². The molecule has 25 heavy (non-hydrogen) atoms. The summed E-state index contributed by atoms with van der Waals surface area (Å²) < 4.78 is 5.54. The summed E-state index contributed by atoms with van der Waals surface area (Å²) in [4.78, 5) is 47.9. The number of carbonyl (C=O) groups is 4. The number of halogens is 2. The highest BCUT2D eigenvalue weighted by atomic mass is 79.9. The Labute approximate surface area is 157 Å². The second-order valence-electron chi connectivity index (χ2n) is 5.78. The molecule has 0 radical (unpaired) electrons. The molecular weight excluding hydrogens is 418 g/mol. The fourth-order valence-corrected chi connectivity index (χ4v) is 2.78. The minimum absolute atomic E-state index is 0.315. The van der Waals surface area contributed by atoms with Gasteiger partial charge < -0.3 is 15.4 Å². The smallest absolute Gasteiger partial charge is 0.326 e. The van der Waals surface area contributed by atoms with Crippen molar-refractivity contribution in [2.24, 2.45) is 0 Å². The third-order valence-corrected chi connectivity index (χ3v) is 4.11. The molecule has 4 amide bonds. The molecule has 2 N–H and O–H groups in total. The number of benzene rings is 1. The monoisotopic (exact) mass is 431 g/mol.